The third kappa shape index (κ3) is 0.366. The molecule has 1 heterocycles. The Bertz CT molecular complexity index is 79.6. The van der Waals surface area contributed by atoms with Gasteiger partial charge >= 0.3 is 0 Å². The first-order chi connectivity index (χ1) is 2.80. The van der Waals surface area contributed by atoms with Crippen molar-refractivity contribution in [1.29, 1.82) is 0 Å². The Balaban J connectivity index is 2.39. The first-order valence-electron chi connectivity index (χ1n) is 2.33. The van der Waals surface area contributed by atoms with Crippen molar-refractivity contribution in [2.24, 2.45) is 0 Å². The molecule has 1 rings (SSSR count). The number of rotatable bonds is 0. The van der Waals surface area contributed by atoms with Crippen LogP contribution in [0.3, 0.4) is 0 Å². The molecule has 1 saturated heterocycles. The highest BCUT2D eigenvalue weighted by molar-refractivity contribution is 6.93. The van der Waals surface area contributed by atoms with Crippen LogP contribution in [-0.2, 0) is 4.79 Å². The second kappa shape index (κ2) is 1.10. The van der Waals surface area contributed by atoms with Crippen molar-refractivity contribution in [3.05, 3.63) is 0 Å². The van der Waals surface area contributed by atoms with Gasteiger partial charge in [-0.05, 0) is 6.42 Å². The second-order valence-corrected chi connectivity index (χ2v) is 1.91. The Morgan fingerprint density at radius 1 is 1.83 bits per heavy atom. The molecule has 2 heteroatoms. The van der Waals surface area contributed by atoms with E-state index >= 15 is 0 Å². The van der Waals surface area contributed by atoms with Gasteiger partial charge in [0.1, 0.15) is 0 Å². The van der Waals surface area contributed by atoms with Crippen molar-refractivity contribution in [3.8, 4) is 0 Å². The van der Waals surface area contributed by atoms with Gasteiger partial charge < -0.3 is 4.79 Å². The number of carbonyl (C=O) groups is 1. The van der Waals surface area contributed by atoms with Crippen LogP contribution < -0.4 is 0 Å². The normalized spacial score (nSPS) is 20.8. The van der Waals surface area contributed by atoms with Crippen molar-refractivity contribution in [1.82, 2.24) is 0 Å². The third-order valence-corrected chi connectivity index (χ3v) is 1.37. The lowest BCUT2D eigenvalue weighted by molar-refractivity contribution is -0.113. The topological polar surface area (TPSA) is 17.1 Å². The van der Waals surface area contributed by atoms with Gasteiger partial charge in [0.15, 0.2) is 0 Å². The molecule has 0 N–H and O–H groups in total. The number of hydrogen-bond donors (Lipinski definition) is 0. The molecule has 0 aromatic heterocycles. The second-order valence-electron chi connectivity index (χ2n) is 1.91. The fourth-order valence-electron chi connectivity index (χ4n) is 0.551. The Labute approximate surface area is 37.8 Å². The van der Waals surface area contributed by atoms with E-state index in [1.165, 1.54) is 0 Å². The summed E-state index contributed by atoms with van der Waals surface area (Å²) in [7, 11) is 0. The molecule has 0 radical (unpaired) electrons. The predicted octanol–water partition coefficient (Wildman–Crippen LogP) is 0.623. The van der Waals surface area contributed by atoms with Gasteiger partial charge in [-0.2, -0.15) is 0 Å². The van der Waals surface area contributed by atoms with Crippen LogP contribution in [0.15, 0.2) is 0 Å². The summed E-state index contributed by atoms with van der Waals surface area (Å²) in [6.07, 6.45) is 1.96. The molecule has 32 valence electrons. The van der Waals surface area contributed by atoms with Crippen LogP contribution in [0, 0.1) is 0 Å². The lowest BCUT2D eigenvalue weighted by atomic mass is 9.36. The van der Waals surface area contributed by atoms with Crippen LogP contribution >= 0.6 is 0 Å². The predicted molar refractivity (Wildman–Crippen MR) is 26.0 cm³/mol. The monoisotopic (exact) mass is 82.1 g/mol. The van der Waals surface area contributed by atoms with Gasteiger partial charge in [-0.3, -0.25) is 0 Å². The first kappa shape index (κ1) is 3.91. The van der Waals surface area contributed by atoms with Crippen molar-refractivity contribution in [2.75, 3.05) is 0 Å². The molecule has 1 aliphatic heterocycles. The lowest BCUT2D eigenvalue weighted by Gasteiger charge is -2.13. The van der Waals surface area contributed by atoms with E-state index in [0.29, 0.717) is 12.4 Å². The Kier molecular flexibility index (Phi) is 0.719. The average Bonchev–Trinajstić information content (AvgIpc) is 1.61. The van der Waals surface area contributed by atoms with Crippen LogP contribution in [-0.4, -0.2) is 12.4 Å². The van der Waals surface area contributed by atoms with E-state index in [2.05, 4.69) is 0 Å². The highest BCUT2D eigenvalue weighted by Crippen LogP contribution is 2.12. The van der Waals surface area contributed by atoms with Crippen molar-refractivity contribution < 1.29 is 4.79 Å². The summed E-state index contributed by atoms with van der Waals surface area (Å²) in [6.45, 7) is 2.37. The van der Waals surface area contributed by atoms with Gasteiger partial charge in [-0.1, -0.05) is 13.1 Å². The molecular formula is C4H7BO. The van der Waals surface area contributed by atoms with E-state index in [0.717, 1.165) is 12.7 Å². The van der Waals surface area contributed by atoms with Crippen molar-refractivity contribution >= 4 is 12.4 Å². The zero-order valence-electron chi connectivity index (χ0n) is 3.90. The maximum atomic E-state index is 10.2. The molecule has 1 aliphatic rings. The molecule has 6 heavy (non-hydrogen) atoms. The molecule has 0 aliphatic carbocycles. The smallest absolute Gasteiger partial charge is 0.220 e. The quantitative estimate of drug-likeness (QED) is 0.391. The van der Waals surface area contributed by atoms with Crippen LogP contribution in [0.1, 0.15) is 6.42 Å². The zero-order valence-corrected chi connectivity index (χ0v) is 3.90. The largest absolute Gasteiger partial charge is 0.311 e. The minimum atomic E-state index is 0.394. The van der Waals surface area contributed by atoms with E-state index in [9.17, 15) is 4.79 Å². The molecule has 0 aromatic carbocycles. The number of hydrogen-bond acceptors (Lipinski definition) is 1. The molecule has 1 fully saturated rings. The highest BCUT2D eigenvalue weighted by Gasteiger charge is 2.26. The first-order valence-corrected chi connectivity index (χ1v) is 2.33. The molecular weight excluding hydrogens is 74.9 g/mol. The van der Waals surface area contributed by atoms with Crippen LogP contribution in [0.25, 0.3) is 0 Å². The highest BCUT2D eigenvalue weighted by atomic mass is 16.1. The fraction of sp³-hybridized carbons (Fsp3) is 0.750. The summed E-state index contributed by atoms with van der Waals surface area (Å²) >= 11 is 0. The van der Waals surface area contributed by atoms with Crippen LogP contribution in [0.4, 0.5) is 0 Å². The molecule has 0 unspecified atom stereocenters. The third-order valence-electron chi connectivity index (χ3n) is 1.37. The van der Waals surface area contributed by atoms with Gasteiger partial charge in [0.05, 0.1) is 5.68 Å². The fourth-order valence-corrected chi connectivity index (χ4v) is 0.551. The summed E-state index contributed by atoms with van der Waals surface area (Å²) in [4.78, 5) is 10.2. The van der Waals surface area contributed by atoms with Gasteiger partial charge in [0.25, 0.3) is 0 Å². The molecule has 0 bridgehead atoms. The van der Waals surface area contributed by atoms with Crippen LogP contribution in [0.5, 0.6) is 0 Å². The average molecular weight is 81.9 g/mol. The van der Waals surface area contributed by atoms with Crippen LogP contribution in [0.2, 0.25) is 13.1 Å². The summed E-state index contributed by atoms with van der Waals surface area (Å²) in [5.74, 6) is 0. The van der Waals surface area contributed by atoms with Crippen molar-refractivity contribution in [3.63, 3.8) is 0 Å². The van der Waals surface area contributed by atoms with E-state index in [1.54, 1.807) is 0 Å². The lowest BCUT2D eigenvalue weighted by Crippen LogP contribution is -2.32. The molecule has 0 spiro atoms. The summed E-state index contributed by atoms with van der Waals surface area (Å²) in [5.41, 5.74) is 0.440. The summed E-state index contributed by atoms with van der Waals surface area (Å²) < 4.78 is 0. The molecule has 1 nitrogen and oxygen atoms in total. The SMILES string of the molecule is CB1CCC1=O. The Hall–Kier alpha value is -0.265. The molecule has 0 amide bonds. The van der Waals surface area contributed by atoms with E-state index in [-0.39, 0.29) is 0 Å². The van der Waals surface area contributed by atoms with E-state index in [4.69, 9.17) is 0 Å². The van der Waals surface area contributed by atoms with Gasteiger partial charge in [-0.15, -0.1) is 0 Å². The van der Waals surface area contributed by atoms with Gasteiger partial charge in [-0.25, -0.2) is 0 Å². The number of carbonyl (C=O) groups excluding carboxylic acids is 1. The minimum absolute atomic E-state index is 0.394. The van der Waals surface area contributed by atoms with E-state index in [1.807, 2.05) is 6.82 Å². The summed E-state index contributed by atoms with van der Waals surface area (Å²) in [5, 5.41) is 0. The van der Waals surface area contributed by atoms with Gasteiger partial charge in [0, 0.05) is 0 Å². The maximum Gasteiger partial charge on any atom is 0.220 e. The Morgan fingerprint density at radius 3 is 2.33 bits per heavy atom. The van der Waals surface area contributed by atoms with Crippen molar-refractivity contribution in [2.45, 2.75) is 19.6 Å². The molecule has 0 aromatic rings. The maximum absolute atomic E-state index is 10.2. The minimum Gasteiger partial charge on any atom is -0.311 e. The molecule has 0 saturated carbocycles. The Morgan fingerprint density at radius 2 is 2.33 bits per heavy atom. The summed E-state index contributed by atoms with van der Waals surface area (Å²) in [6, 6.07) is 0. The van der Waals surface area contributed by atoms with E-state index < -0.39 is 0 Å². The van der Waals surface area contributed by atoms with Gasteiger partial charge in [0.2, 0.25) is 6.71 Å². The zero-order chi connectivity index (χ0) is 4.57. The molecule has 0 atom stereocenters. The standard InChI is InChI=1S/C4H7BO/c1-5-3-2-4(5)6/h2-3H2,1H3.